The van der Waals surface area contributed by atoms with Crippen LogP contribution in [0.15, 0.2) is 54.7 Å². The van der Waals surface area contributed by atoms with E-state index in [1.54, 1.807) is 36.4 Å². The summed E-state index contributed by atoms with van der Waals surface area (Å²) >= 11 is 12.0. The van der Waals surface area contributed by atoms with Crippen LogP contribution in [0.25, 0.3) is 16.9 Å². The number of benzene rings is 2. The molecule has 35 heavy (non-hydrogen) atoms. The number of aliphatic hydroxyl groups is 1. The highest BCUT2D eigenvalue weighted by atomic mass is 35.5. The number of carbonyl (C=O) groups excluding carboxylic acids is 2. The largest absolute Gasteiger partial charge is 0.388 e. The fourth-order valence-corrected chi connectivity index (χ4v) is 3.84. The first kappa shape index (κ1) is 24.6. The fraction of sp³-hybridized carbons (Fsp3) is 0.167. The van der Waals surface area contributed by atoms with Gasteiger partial charge in [0.25, 0.3) is 5.91 Å². The van der Waals surface area contributed by atoms with Gasteiger partial charge in [0.15, 0.2) is 11.5 Å². The van der Waals surface area contributed by atoms with Gasteiger partial charge in [0, 0.05) is 24.1 Å². The van der Waals surface area contributed by atoms with Crippen LogP contribution in [0.3, 0.4) is 0 Å². The van der Waals surface area contributed by atoms with Crippen molar-refractivity contribution >= 4 is 46.5 Å². The summed E-state index contributed by atoms with van der Waals surface area (Å²) < 4.78 is 16.8. The topological polar surface area (TPSA) is 109 Å². The number of nitrogens with zero attached hydrogens (tertiary/aromatic N) is 3. The van der Waals surface area contributed by atoms with Crippen LogP contribution in [0, 0.1) is 5.82 Å². The molecule has 2 aromatic carbocycles. The van der Waals surface area contributed by atoms with Crippen molar-refractivity contribution < 1.29 is 19.1 Å². The van der Waals surface area contributed by atoms with E-state index in [1.165, 1.54) is 29.8 Å². The van der Waals surface area contributed by atoms with Crippen LogP contribution in [-0.2, 0) is 4.79 Å². The maximum absolute atomic E-state index is 15.4. The first-order valence-electron chi connectivity index (χ1n) is 10.6. The third kappa shape index (κ3) is 5.59. The molecule has 2 heterocycles. The quantitative estimate of drug-likeness (QED) is 0.331. The lowest BCUT2D eigenvalue weighted by atomic mass is 10.0. The number of rotatable bonds is 7. The molecule has 2 aromatic heterocycles. The predicted octanol–water partition coefficient (Wildman–Crippen LogP) is 4.65. The van der Waals surface area contributed by atoms with Crippen LogP contribution in [0.2, 0.25) is 10.0 Å². The van der Waals surface area contributed by atoms with Crippen LogP contribution in [0.4, 0.5) is 10.2 Å². The Labute approximate surface area is 209 Å². The Morgan fingerprint density at radius 3 is 2.57 bits per heavy atom. The van der Waals surface area contributed by atoms with Gasteiger partial charge in [0.05, 0.1) is 28.6 Å². The fourth-order valence-electron chi connectivity index (χ4n) is 3.49. The average Bonchev–Trinajstić information content (AvgIpc) is 3.20. The zero-order chi connectivity index (χ0) is 25.1. The van der Waals surface area contributed by atoms with E-state index in [2.05, 4.69) is 20.7 Å². The van der Waals surface area contributed by atoms with Crippen molar-refractivity contribution in [2.24, 2.45) is 0 Å². The van der Waals surface area contributed by atoms with Gasteiger partial charge in [0.2, 0.25) is 5.91 Å². The molecule has 0 spiro atoms. The Balaban J connectivity index is 1.51. The molecule has 4 rings (SSSR count). The van der Waals surface area contributed by atoms with Crippen molar-refractivity contribution in [2.45, 2.75) is 19.4 Å². The third-order valence-corrected chi connectivity index (χ3v) is 5.74. The molecule has 0 saturated heterocycles. The van der Waals surface area contributed by atoms with Crippen LogP contribution in [-0.4, -0.2) is 38.1 Å². The van der Waals surface area contributed by atoms with Gasteiger partial charge in [-0.25, -0.2) is 13.9 Å². The maximum atomic E-state index is 15.4. The molecule has 8 nitrogen and oxygen atoms in total. The number of anilines is 1. The van der Waals surface area contributed by atoms with Crippen molar-refractivity contribution in [3.63, 3.8) is 0 Å². The molecule has 0 fully saturated rings. The predicted molar refractivity (Wildman–Crippen MR) is 131 cm³/mol. The zero-order valence-corrected chi connectivity index (χ0v) is 19.9. The Morgan fingerprint density at radius 1 is 1.11 bits per heavy atom. The molecule has 4 aromatic rings. The molecule has 0 unspecified atom stereocenters. The summed E-state index contributed by atoms with van der Waals surface area (Å²) in [4.78, 5) is 28.2. The van der Waals surface area contributed by atoms with E-state index in [0.717, 1.165) is 0 Å². The molecule has 0 aliphatic heterocycles. The molecule has 0 aliphatic carbocycles. The number of halogens is 3. The van der Waals surface area contributed by atoms with E-state index in [1.807, 2.05) is 0 Å². The van der Waals surface area contributed by atoms with Crippen LogP contribution >= 0.6 is 23.2 Å². The van der Waals surface area contributed by atoms with Gasteiger partial charge in [-0.05, 0) is 48.4 Å². The van der Waals surface area contributed by atoms with E-state index in [0.29, 0.717) is 22.1 Å². The number of amides is 2. The number of aromatic nitrogens is 3. The Morgan fingerprint density at radius 2 is 1.86 bits per heavy atom. The maximum Gasteiger partial charge on any atom is 0.255 e. The van der Waals surface area contributed by atoms with Gasteiger partial charge in [0.1, 0.15) is 5.82 Å². The monoisotopic (exact) mass is 515 g/mol. The van der Waals surface area contributed by atoms with Crippen molar-refractivity contribution in [1.82, 2.24) is 19.9 Å². The molecule has 3 N–H and O–H groups in total. The lowest BCUT2D eigenvalue weighted by Crippen LogP contribution is -2.27. The van der Waals surface area contributed by atoms with Crippen molar-refractivity contribution in [3.05, 3.63) is 81.7 Å². The van der Waals surface area contributed by atoms with Gasteiger partial charge in [-0.1, -0.05) is 35.3 Å². The molecule has 0 aliphatic rings. The molecule has 0 bridgehead atoms. The second kappa shape index (κ2) is 10.4. The van der Waals surface area contributed by atoms with Gasteiger partial charge in [-0.2, -0.15) is 5.10 Å². The number of hydrogen-bond acceptors (Lipinski definition) is 5. The molecule has 11 heteroatoms. The van der Waals surface area contributed by atoms with Gasteiger partial charge < -0.3 is 15.7 Å². The third-order valence-electron chi connectivity index (χ3n) is 5.18. The molecular formula is C24H20Cl2FN5O3. The summed E-state index contributed by atoms with van der Waals surface area (Å²) in [6.45, 7) is 1.45. The Bertz CT molecular complexity index is 1410. The van der Waals surface area contributed by atoms with E-state index in [-0.39, 0.29) is 40.7 Å². The minimum Gasteiger partial charge on any atom is -0.388 e. The van der Waals surface area contributed by atoms with E-state index >= 15 is 4.39 Å². The Hall–Kier alpha value is -3.53. The van der Waals surface area contributed by atoms with E-state index in [4.69, 9.17) is 23.2 Å². The number of imidazole rings is 1. The minimum absolute atomic E-state index is 0.0568. The highest BCUT2D eigenvalue weighted by Gasteiger charge is 2.21. The summed E-state index contributed by atoms with van der Waals surface area (Å²) in [5.41, 5.74) is 1.08. The van der Waals surface area contributed by atoms with Crippen molar-refractivity contribution in [3.8, 4) is 11.3 Å². The SMILES string of the molecule is CC(=O)Nc1cn2nc(-c3ccc(Cl)c(C(=O)NCC[C@H](O)c4ccc(Cl)cc4)c3F)ccc2n1. The summed E-state index contributed by atoms with van der Waals surface area (Å²) in [5.74, 6) is -1.52. The van der Waals surface area contributed by atoms with Crippen LogP contribution in [0.1, 0.15) is 35.4 Å². The van der Waals surface area contributed by atoms with Gasteiger partial charge >= 0.3 is 0 Å². The smallest absolute Gasteiger partial charge is 0.255 e. The number of nitrogens with one attached hydrogen (secondary N) is 2. The molecule has 0 radical (unpaired) electrons. The summed E-state index contributed by atoms with van der Waals surface area (Å²) in [5, 5.41) is 20.3. The highest BCUT2D eigenvalue weighted by molar-refractivity contribution is 6.34. The van der Waals surface area contributed by atoms with Crippen molar-refractivity contribution in [1.29, 1.82) is 0 Å². The lowest BCUT2D eigenvalue weighted by molar-refractivity contribution is -0.114. The second-order valence-corrected chi connectivity index (χ2v) is 8.57. The normalized spacial score (nSPS) is 11.9. The number of hydrogen-bond donors (Lipinski definition) is 3. The lowest BCUT2D eigenvalue weighted by Gasteiger charge is -2.13. The highest BCUT2D eigenvalue weighted by Crippen LogP contribution is 2.29. The molecular weight excluding hydrogens is 496 g/mol. The first-order valence-corrected chi connectivity index (χ1v) is 11.3. The van der Waals surface area contributed by atoms with Gasteiger partial charge in [-0.15, -0.1) is 0 Å². The zero-order valence-electron chi connectivity index (χ0n) is 18.4. The standard InChI is InChI=1S/C24H20Cl2FN5O3/c1-13(33)29-20-12-32-21(30-20)9-8-18(31-32)16-6-7-17(26)22(23(16)27)24(35)28-11-10-19(34)14-2-4-15(25)5-3-14/h2-9,12,19,34H,10-11H2,1H3,(H,28,35)(H,29,33)/t19-/m0/s1. The molecule has 180 valence electrons. The Kier molecular flexibility index (Phi) is 7.30. The average molecular weight is 516 g/mol. The minimum atomic E-state index is -0.831. The molecule has 2 amide bonds. The van der Waals surface area contributed by atoms with Crippen molar-refractivity contribution in [2.75, 3.05) is 11.9 Å². The van der Waals surface area contributed by atoms with E-state index in [9.17, 15) is 14.7 Å². The van der Waals surface area contributed by atoms with Crippen LogP contribution < -0.4 is 10.6 Å². The van der Waals surface area contributed by atoms with E-state index < -0.39 is 17.8 Å². The summed E-state index contributed by atoms with van der Waals surface area (Å²) in [7, 11) is 0. The van der Waals surface area contributed by atoms with Crippen LogP contribution in [0.5, 0.6) is 0 Å². The number of carbonyl (C=O) groups is 2. The summed E-state index contributed by atoms with van der Waals surface area (Å²) in [6.07, 6.45) is 0.878. The second-order valence-electron chi connectivity index (χ2n) is 7.72. The number of aliphatic hydroxyl groups excluding tert-OH is 1. The summed E-state index contributed by atoms with van der Waals surface area (Å²) in [6, 6.07) is 12.7. The molecule has 1 atom stereocenters. The van der Waals surface area contributed by atoms with Gasteiger partial charge in [-0.3, -0.25) is 9.59 Å². The molecule has 0 saturated carbocycles. The number of fused-ring (bicyclic) bond motifs is 1. The first-order chi connectivity index (χ1) is 16.7.